The summed E-state index contributed by atoms with van der Waals surface area (Å²) in [7, 11) is 2.81. The second kappa shape index (κ2) is 9.49. The van der Waals surface area contributed by atoms with Crippen LogP contribution < -0.4 is 19.1 Å². The number of anilines is 1. The van der Waals surface area contributed by atoms with E-state index < -0.39 is 10.8 Å². The fraction of sp³-hybridized carbons (Fsp3) is 0.364. The monoisotopic (exact) mass is 472 g/mol. The van der Waals surface area contributed by atoms with Crippen molar-refractivity contribution in [1.29, 1.82) is 0 Å². The summed E-state index contributed by atoms with van der Waals surface area (Å²) < 4.78 is 17.0. The summed E-state index contributed by atoms with van der Waals surface area (Å²) in [5.41, 5.74) is 0.573. The molecule has 0 bridgehead atoms. The zero-order chi connectivity index (χ0) is 23.5. The molecule has 2 aromatic carbocycles. The van der Waals surface area contributed by atoms with Crippen LogP contribution in [0.1, 0.15) is 17.3 Å². The molecule has 174 valence electrons. The first-order chi connectivity index (χ1) is 15.9. The van der Waals surface area contributed by atoms with E-state index in [2.05, 4.69) is 4.90 Å². The smallest absolute Gasteiger partial charge is 0.286 e. The second-order valence-electron chi connectivity index (χ2n) is 7.32. The normalized spacial score (nSPS) is 13.8. The maximum atomic E-state index is 13.2. The Morgan fingerprint density at radius 1 is 1.12 bits per heavy atom. The Morgan fingerprint density at radius 3 is 2.45 bits per heavy atom. The number of methoxy groups -OCH3 is 2. The van der Waals surface area contributed by atoms with E-state index in [9.17, 15) is 14.9 Å². The van der Waals surface area contributed by atoms with Gasteiger partial charge in [0, 0.05) is 32.2 Å². The number of amides is 1. The number of carbonyl (C=O) groups is 1. The van der Waals surface area contributed by atoms with Gasteiger partial charge in [-0.05, 0) is 25.1 Å². The summed E-state index contributed by atoms with van der Waals surface area (Å²) in [5.74, 6) is 0.875. The molecule has 3 aromatic rings. The van der Waals surface area contributed by atoms with Crippen LogP contribution in [0.2, 0.25) is 0 Å². The molecule has 0 aliphatic carbocycles. The first-order valence-corrected chi connectivity index (χ1v) is 11.2. The number of nitro benzene ring substituents is 1. The third-order valence-electron chi connectivity index (χ3n) is 5.43. The van der Waals surface area contributed by atoms with Gasteiger partial charge in [-0.25, -0.2) is 4.98 Å². The number of carbonyl (C=O) groups excluding carboxylic acids is 1. The number of fused-ring (bicyclic) bond motifs is 1. The van der Waals surface area contributed by atoms with Crippen molar-refractivity contribution >= 4 is 38.3 Å². The molecule has 0 atom stereocenters. The zero-order valence-corrected chi connectivity index (χ0v) is 19.4. The molecule has 33 heavy (non-hydrogen) atoms. The van der Waals surface area contributed by atoms with Crippen molar-refractivity contribution in [3.63, 3.8) is 0 Å². The van der Waals surface area contributed by atoms with Crippen molar-refractivity contribution in [1.82, 2.24) is 9.88 Å². The van der Waals surface area contributed by atoms with Gasteiger partial charge < -0.3 is 24.0 Å². The van der Waals surface area contributed by atoms with Gasteiger partial charge in [-0.1, -0.05) is 11.3 Å². The highest BCUT2D eigenvalue weighted by Crippen LogP contribution is 2.36. The van der Waals surface area contributed by atoms with E-state index in [4.69, 9.17) is 19.2 Å². The van der Waals surface area contributed by atoms with Crippen LogP contribution in [0.4, 0.5) is 10.8 Å². The lowest BCUT2D eigenvalue weighted by Gasteiger charge is -2.34. The number of hydrogen-bond donors (Lipinski definition) is 0. The average Bonchev–Trinajstić information content (AvgIpc) is 3.26. The molecule has 1 aliphatic rings. The van der Waals surface area contributed by atoms with Gasteiger partial charge >= 0.3 is 0 Å². The van der Waals surface area contributed by atoms with Gasteiger partial charge in [0.25, 0.3) is 11.6 Å². The van der Waals surface area contributed by atoms with Crippen LogP contribution in [0.25, 0.3) is 10.2 Å². The lowest BCUT2D eigenvalue weighted by atomic mass is 10.1. The van der Waals surface area contributed by atoms with Gasteiger partial charge in [-0.2, -0.15) is 0 Å². The van der Waals surface area contributed by atoms with Gasteiger partial charge in [0.1, 0.15) is 11.3 Å². The summed E-state index contributed by atoms with van der Waals surface area (Å²) >= 11 is 1.58. The molecule has 1 aromatic heterocycles. The third-order valence-corrected chi connectivity index (χ3v) is 6.50. The molecule has 4 rings (SSSR count). The van der Waals surface area contributed by atoms with Crippen molar-refractivity contribution in [2.24, 2.45) is 0 Å². The number of hydrogen-bond acceptors (Lipinski definition) is 9. The Balaban J connectivity index is 1.50. The number of piperazine rings is 1. The molecule has 0 saturated carbocycles. The molecule has 1 amide bonds. The number of thiazole rings is 1. The van der Waals surface area contributed by atoms with Gasteiger partial charge in [-0.3, -0.25) is 14.9 Å². The Bertz CT molecular complexity index is 1190. The first-order valence-electron chi connectivity index (χ1n) is 10.4. The van der Waals surface area contributed by atoms with Crippen LogP contribution in [0, 0.1) is 10.1 Å². The third kappa shape index (κ3) is 4.49. The van der Waals surface area contributed by atoms with Gasteiger partial charge in [-0.15, -0.1) is 0 Å². The highest BCUT2D eigenvalue weighted by molar-refractivity contribution is 7.22. The Labute approximate surface area is 194 Å². The SMILES string of the molecule is CCOc1ccc2nc(N3CCN(C(=O)c4cc(OC)c(OC)cc4[N+](=O)[O-])CC3)sc2c1. The van der Waals surface area contributed by atoms with E-state index >= 15 is 0 Å². The van der Waals surface area contributed by atoms with Gasteiger partial charge in [0.2, 0.25) is 0 Å². The minimum atomic E-state index is -0.580. The molecule has 0 spiro atoms. The maximum absolute atomic E-state index is 13.2. The second-order valence-corrected chi connectivity index (χ2v) is 8.33. The molecule has 0 unspecified atom stereocenters. The van der Waals surface area contributed by atoms with Crippen LogP contribution >= 0.6 is 11.3 Å². The van der Waals surface area contributed by atoms with Crippen LogP contribution in [-0.4, -0.2) is 67.7 Å². The molecule has 11 heteroatoms. The highest BCUT2D eigenvalue weighted by Gasteiger charge is 2.30. The first kappa shape index (κ1) is 22.6. The summed E-state index contributed by atoms with van der Waals surface area (Å²) in [6.45, 7) is 4.54. The van der Waals surface area contributed by atoms with Gasteiger partial charge in [0.05, 0.1) is 42.0 Å². The number of ether oxygens (including phenoxy) is 3. The molecule has 1 fully saturated rings. The van der Waals surface area contributed by atoms with E-state index in [1.807, 2.05) is 25.1 Å². The topological polar surface area (TPSA) is 107 Å². The lowest BCUT2D eigenvalue weighted by molar-refractivity contribution is -0.385. The van der Waals surface area contributed by atoms with Crippen molar-refractivity contribution in [3.05, 3.63) is 46.0 Å². The van der Waals surface area contributed by atoms with Crippen molar-refractivity contribution in [3.8, 4) is 17.2 Å². The van der Waals surface area contributed by atoms with Crippen molar-refractivity contribution in [2.75, 3.05) is 51.9 Å². The number of benzene rings is 2. The van der Waals surface area contributed by atoms with Crippen LogP contribution in [-0.2, 0) is 0 Å². The molecule has 0 radical (unpaired) electrons. The molecule has 2 heterocycles. The Hall–Kier alpha value is -3.60. The van der Waals surface area contributed by atoms with Crippen LogP contribution in [0.3, 0.4) is 0 Å². The molecule has 10 nitrogen and oxygen atoms in total. The largest absolute Gasteiger partial charge is 0.494 e. The predicted molar refractivity (Wildman–Crippen MR) is 125 cm³/mol. The Morgan fingerprint density at radius 2 is 1.82 bits per heavy atom. The van der Waals surface area contributed by atoms with E-state index in [0.29, 0.717) is 32.8 Å². The van der Waals surface area contributed by atoms with Crippen molar-refractivity contribution < 1.29 is 23.9 Å². The fourth-order valence-corrected chi connectivity index (χ4v) is 4.79. The van der Waals surface area contributed by atoms with Crippen LogP contribution in [0.5, 0.6) is 17.2 Å². The zero-order valence-electron chi connectivity index (χ0n) is 18.6. The average molecular weight is 473 g/mol. The highest BCUT2D eigenvalue weighted by atomic mass is 32.1. The maximum Gasteiger partial charge on any atom is 0.286 e. The summed E-state index contributed by atoms with van der Waals surface area (Å²) in [6.07, 6.45) is 0. The van der Waals surface area contributed by atoms with E-state index in [1.54, 1.807) is 16.2 Å². The standard InChI is InChI=1S/C22H24N4O6S/c1-4-32-14-5-6-16-20(11-14)33-22(23-16)25-9-7-24(8-10-25)21(27)15-12-18(30-2)19(31-3)13-17(15)26(28)29/h5-6,11-13H,4,7-10H2,1-3H3. The number of nitro groups is 1. The van der Waals surface area contributed by atoms with E-state index in [-0.39, 0.29) is 22.7 Å². The molecular formula is C22H24N4O6S. The molecular weight excluding hydrogens is 448 g/mol. The van der Waals surface area contributed by atoms with E-state index in [0.717, 1.165) is 21.1 Å². The molecule has 0 N–H and O–H groups in total. The number of aromatic nitrogens is 1. The summed E-state index contributed by atoms with van der Waals surface area (Å²) in [4.78, 5) is 32.6. The van der Waals surface area contributed by atoms with Crippen molar-refractivity contribution in [2.45, 2.75) is 6.92 Å². The summed E-state index contributed by atoms with van der Waals surface area (Å²) in [5, 5.41) is 12.5. The Kier molecular flexibility index (Phi) is 6.50. The fourth-order valence-electron chi connectivity index (χ4n) is 3.75. The lowest BCUT2D eigenvalue weighted by Crippen LogP contribution is -2.48. The van der Waals surface area contributed by atoms with Gasteiger partial charge in [0.15, 0.2) is 16.6 Å². The minimum Gasteiger partial charge on any atom is -0.494 e. The number of nitrogens with zero attached hydrogens (tertiary/aromatic N) is 4. The summed E-state index contributed by atoms with van der Waals surface area (Å²) in [6, 6.07) is 8.42. The number of rotatable bonds is 7. The quantitative estimate of drug-likeness (QED) is 0.379. The van der Waals surface area contributed by atoms with E-state index in [1.165, 1.54) is 26.4 Å². The molecule has 1 saturated heterocycles. The predicted octanol–water partition coefficient (Wildman–Crippen LogP) is 3.58. The molecule has 1 aliphatic heterocycles. The van der Waals surface area contributed by atoms with Crippen LogP contribution in [0.15, 0.2) is 30.3 Å². The minimum absolute atomic E-state index is 0.0189.